The number of rotatable bonds is 5. The number of aromatic nitrogens is 3. The minimum atomic E-state index is -5.07. The highest BCUT2D eigenvalue weighted by Gasteiger charge is 2.59. The highest BCUT2D eigenvalue weighted by atomic mass is 19.4. The molecule has 5 aliphatic heterocycles. The molecule has 53 heavy (non-hydrogen) atoms. The first-order chi connectivity index (χ1) is 24.9. The lowest BCUT2D eigenvalue weighted by Crippen LogP contribution is -2.56. The number of pyridine rings is 1. The average molecular weight is 748 g/mol. The minimum absolute atomic E-state index is 0.00500. The number of aryl methyl sites for hydroxylation is 1. The molecular weight excluding hydrogens is 711 g/mol. The quantitative estimate of drug-likeness (QED) is 0.270. The Labute approximate surface area is 299 Å². The smallest absolute Gasteiger partial charge is 0.418 e. The third-order valence-electron chi connectivity index (χ3n) is 11.4. The molecule has 7 heterocycles. The van der Waals surface area contributed by atoms with Crippen LogP contribution in [-0.4, -0.2) is 86.9 Å². The summed E-state index contributed by atoms with van der Waals surface area (Å²) in [6, 6.07) is 0.231. The molecule has 8 rings (SSSR count). The summed E-state index contributed by atoms with van der Waals surface area (Å²) in [4.78, 5) is 31.3. The van der Waals surface area contributed by atoms with Gasteiger partial charge in [0.05, 0.1) is 45.4 Å². The van der Waals surface area contributed by atoms with E-state index in [0.29, 0.717) is 19.4 Å². The second kappa shape index (κ2) is 11.9. The van der Waals surface area contributed by atoms with Gasteiger partial charge in [-0.05, 0) is 76.6 Å². The monoisotopic (exact) mass is 747 g/mol. The summed E-state index contributed by atoms with van der Waals surface area (Å²) in [5.74, 6) is -3.12. The molecule has 0 unspecified atom stereocenters. The largest absolute Gasteiger partial charge is 0.461 e. The molecule has 2 N–H and O–H groups in total. The first kappa shape index (κ1) is 35.4. The molecule has 282 valence electrons. The van der Waals surface area contributed by atoms with Gasteiger partial charge < -0.3 is 25.0 Å². The van der Waals surface area contributed by atoms with Gasteiger partial charge in [-0.25, -0.2) is 18.6 Å². The van der Waals surface area contributed by atoms with Crippen molar-refractivity contribution < 1.29 is 45.0 Å². The van der Waals surface area contributed by atoms with E-state index in [1.807, 2.05) is 9.80 Å². The van der Waals surface area contributed by atoms with Gasteiger partial charge in [0, 0.05) is 30.8 Å². The number of alkyl halides is 3. The topological polar surface area (TPSA) is 110 Å². The number of anilines is 2. The molecule has 2 aromatic heterocycles. The van der Waals surface area contributed by atoms with Gasteiger partial charge in [-0.15, -0.1) is 0 Å². The molecular formula is C36H36F7N7O3. The molecule has 3 atom stereocenters. The molecule has 4 saturated heterocycles. The summed E-state index contributed by atoms with van der Waals surface area (Å²) in [5, 5.41) is -0.123. The van der Waals surface area contributed by atoms with Crippen molar-refractivity contribution in [2.45, 2.75) is 82.3 Å². The third kappa shape index (κ3) is 5.39. The molecule has 17 heteroatoms. The number of hydrogen-bond acceptors (Lipinski definition) is 9. The van der Waals surface area contributed by atoms with E-state index in [4.69, 9.17) is 15.2 Å². The van der Waals surface area contributed by atoms with Crippen molar-refractivity contribution in [1.29, 1.82) is 0 Å². The summed E-state index contributed by atoms with van der Waals surface area (Å²) in [6.07, 6.45) is -6.01. The molecule has 0 saturated carbocycles. The zero-order chi connectivity index (χ0) is 37.9. The van der Waals surface area contributed by atoms with Crippen molar-refractivity contribution in [2.75, 3.05) is 43.4 Å². The van der Waals surface area contributed by atoms with Crippen LogP contribution in [0.25, 0.3) is 27.7 Å². The fourth-order valence-corrected chi connectivity index (χ4v) is 9.29. The Morgan fingerprint density at radius 3 is 2.58 bits per heavy atom. The molecule has 3 aromatic rings. The number of piperazine rings is 1. The van der Waals surface area contributed by atoms with Crippen molar-refractivity contribution in [2.24, 2.45) is 0 Å². The van der Waals surface area contributed by atoms with E-state index in [-0.39, 0.29) is 84.9 Å². The van der Waals surface area contributed by atoms with Gasteiger partial charge >= 0.3 is 18.3 Å². The first-order valence-corrected chi connectivity index (χ1v) is 17.3. The van der Waals surface area contributed by atoms with Crippen LogP contribution in [0.15, 0.2) is 24.3 Å². The lowest BCUT2D eigenvalue weighted by atomic mass is 9.87. The summed E-state index contributed by atoms with van der Waals surface area (Å²) < 4.78 is 117. The molecule has 4 fully saturated rings. The zero-order valence-corrected chi connectivity index (χ0v) is 29.1. The second-order valence-corrected chi connectivity index (χ2v) is 15.1. The maximum Gasteiger partial charge on any atom is 0.418 e. The fourth-order valence-electron chi connectivity index (χ4n) is 9.29. The average Bonchev–Trinajstić information content (AvgIpc) is 3.79. The summed E-state index contributed by atoms with van der Waals surface area (Å²) in [6.45, 7) is 9.49. The molecule has 2 bridgehead atoms. The molecule has 0 aliphatic carbocycles. The number of hydrogen-bond donors (Lipinski definition) is 1. The standard InChI is InChI=1S/C36H36F7N7O3/c1-16(2)53-33(51)49-14-35-9-18(4)22-23-29(27(38)24(26(22)37)28-25(36(41,42)43)17(3)8-21(44)45-28)46-32(47-31(23)50(35)13-20(49)11-35)52-15-34-6-5-7-48(34)12-19(10-34)30(39)40/h8,16,20H,4-7,9-15H2,1-3H3,(H2,44,45)/t20-,34+,35-/m1/s1. The van der Waals surface area contributed by atoms with Crippen molar-refractivity contribution >= 4 is 34.2 Å². The maximum absolute atomic E-state index is 17.1. The third-order valence-corrected chi connectivity index (χ3v) is 11.4. The van der Waals surface area contributed by atoms with Gasteiger partial charge in [0.15, 0.2) is 5.82 Å². The van der Waals surface area contributed by atoms with Gasteiger partial charge in [0.2, 0.25) is 0 Å². The molecule has 0 radical (unpaired) electrons. The minimum Gasteiger partial charge on any atom is -0.461 e. The van der Waals surface area contributed by atoms with Crippen LogP contribution >= 0.6 is 0 Å². The number of nitrogens with zero attached hydrogens (tertiary/aromatic N) is 6. The number of fused-ring (bicyclic) bond motifs is 3. The Morgan fingerprint density at radius 2 is 1.89 bits per heavy atom. The number of nitrogen functional groups attached to an aromatic ring is 1. The van der Waals surface area contributed by atoms with Crippen LogP contribution in [0.5, 0.6) is 6.01 Å². The van der Waals surface area contributed by atoms with E-state index in [1.165, 1.54) is 0 Å². The Bertz CT molecular complexity index is 2140. The number of likely N-dealkylation sites (tertiary alicyclic amines) is 1. The normalized spacial score (nSPS) is 25.1. The molecule has 10 nitrogen and oxygen atoms in total. The highest BCUT2D eigenvalue weighted by molar-refractivity contribution is 6.04. The number of nitrogens with two attached hydrogens (primary N) is 1. The van der Waals surface area contributed by atoms with E-state index in [9.17, 15) is 26.7 Å². The first-order valence-electron chi connectivity index (χ1n) is 17.3. The van der Waals surface area contributed by atoms with Crippen LogP contribution in [0.1, 0.15) is 62.6 Å². The van der Waals surface area contributed by atoms with Gasteiger partial charge in [-0.1, -0.05) is 6.58 Å². The Hall–Kier alpha value is -4.67. The van der Waals surface area contributed by atoms with E-state index in [2.05, 4.69) is 21.5 Å². The lowest BCUT2D eigenvalue weighted by molar-refractivity contribution is -0.137. The van der Waals surface area contributed by atoms with Crippen LogP contribution in [0, 0.1) is 18.6 Å². The van der Waals surface area contributed by atoms with Crippen LogP contribution in [0.2, 0.25) is 0 Å². The summed E-state index contributed by atoms with van der Waals surface area (Å²) >= 11 is 0. The van der Waals surface area contributed by atoms with Crippen molar-refractivity contribution in [3.8, 4) is 17.3 Å². The van der Waals surface area contributed by atoms with Gasteiger partial charge in [-0.3, -0.25) is 4.90 Å². The number of carbonyl (C=O) groups excluding carboxylic acids is 1. The lowest BCUT2D eigenvalue weighted by Gasteiger charge is -2.42. The Morgan fingerprint density at radius 1 is 1.13 bits per heavy atom. The molecule has 5 aliphatic rings. The SMILES string of the molecule is C=C1C[C@]23C[C@H](CN2c2nc(OC[C@@]45CCCN4CC(=C(F)F)C5)nc4c(F)c(-c5nc(N)cc(C)c5C(F)(F)F)c(F)c1c24)N(C(=O)OC(C)C)C3. The molecule has 1 amide bonds. The van der Waals surface area contributed by atoms with Gasteiger partial charge in [-0.2, -0.15) is 31.9 Å². The van der Waals surface area contributed by atoms with Crippen molar-refractivity contribution in [3.63, 3.8) is 0 Å². The number of halogens is 7. The summed E-state index contributed by atoms with van der Waals surface area (Å²) in [5.41, 5.74) is -0.485. The van der Waals surface area contributed by atoms with E-state index in [1.54, 1.807) is 18.7 Å². The number of amides is 1. The van der Waals surface area contributed by atoms with Gasteiger partial charge in [0.25, 0.3) is 6.08 Å². The maximum atomic E-state index is 17.1. The van der Waals surface area contributed by atoms with Crippen LogP contribution < -0.4 is 15.4 Å². The van der Waals surface area contributed by atoms with Crippen LogP contribution in [0.3, 0.4) is 0 Å². The zero-order valence-electron chi connectivity index (χ0n) is 29.1. The van der Waals surface area contributed by atoms with E-state index in [0.717, 1.165) is 19.4 Å². The highest BCUT2D eigenvalue weighted by Crippen LogP contribution is 2.54. The number of benzene rings is 1. The van der Waals surface area contributed by atoms with Crippen LogP contribution in [-0.2, 0) is 10.9 Å². The number of carbonyl (C=O) groups is 1. The van der Waals surface area contributed by atoms with E-state index < -0.39 is 75.1 Å². The predicted octanol–water partition coefficient (Wildman–Crippen LogP) is 7.24. The molecule has 1 aromatic carbocycles. The Kier molecular flexibility index (Phi) is 7.95. The van der Waals surface area contributed by atoms with E-state index >= 15 is 8.78 Å². The molecule has 1 spiro atoms. The summed E-state index contributed by atoms with van der Waals surface area (Å²) in [7, 11) is 0. The van der Waals surface area contributed by atoms with Crippen molar-refractivity contribution in [3.05, 3.63) is 52.6 Å². The fraction of sp³-hybridized carbons (Fsp3) is 0.500. The number of ether oxygens (including phenoxy) is 2. The second-order valence-electron chi connectivity index (χ2n) is 15.1. The Balaban J connectivity index is 1.32. The van der Waals surface area contributed by atoms with Gasteiger partial charge in [0.1, 0.15) is 29.6 Å². The predicted molar refractivity (Wildman–Crippen MR) is 180 cm³/mol. The van der Waals surface area contributed by atoms with Crippen molar-refractivity contribution in [1.82, 2.24) is 24.8 Å². The van der Waals surface area contributed by atoms with Crippen LogP contribution in [0.4, 0.5) is 47.2 Å².